The molecule has 0 saturated carbocycles. The molecule has 0 rings (SSSR count). The van der Waals surface area contributed by atoms with Crippen LogP contribution < -0.4 is 22.1 Å². The van der Waals surface area contributed by atoms with Gasteiger partial charge in [-0.05, 0) is 32.2 Å². The molecule has 132 valence electrons. The van der Waals surface area contributed by atoms with Crippen LogP contribution in [-0.2, 0) is 19.2 Å². The van der Waals surface area contributed by atoms with Gasteiger partial charge in [0.15, 0.2) is 0 Å². The molecule has 0 unspecified atom stereocenters. The topological polar surface area (TPSA) is 185 Å². The van der Waals surface area contributed by atoms with E-state index in [-0.39, 0.29) is 12.8 Å². The van der Waals surface area contributed by atoms with Crippen molar-refractivity contribution in [2.45, 2.75) is 44.2 Å². The Morgan fingerprint density at radius 1 is 1.04 bits per heavy atom. The number of rotatable bonds is 12. The molecule has 0 aliphatic carbocycles. The number of carboxylic acids is 2. The second-order valence-electron chi connectivity index (χ2n) is 5.00. The summed E-state index contributed by atoms with van der Waals surface area (Å²) in [4.78, 5) is 44.7. The van der Waals surface area contributed by atoms with Crippen molar-refractivity contribution in [2.24, 2.45) is 11.5 Å². The maximum Gasteiger partial charge on any atom is 0.322 e. The Bertz CT molecular complexity index is 429. The van der Waals surface area contributed by atoms with Crippen LogP contribution in [0.25, 0.3) is 0 Å². The van der Waals surface area contributed by atoms with Crippen molar-refractivity contribution >= 4 is 23.8 Å². The summed E-state index contributed by atoms with van der Waals surface area (Å²) in [6.07, 6.45) is 1.33. The van der Waals surface area contributed by atoms with Crippen LogP contribution in [0.4, 0.5) is 0 Å². The Kier molecular flexibility index (Phi) is 10.3. The van der Waals surface area contributed by atoms with Gasteiger partial charge in [0.2, 0.25) is 11.8 Å². The van der Waals surface area contributed by atoms with Gasteiger partial charge in [0.1, 0.15) is 18.6 Å². The molecule has 2 atom stereocenters. The average molecular weight is 332 g/mol. The van der Waals surface area contributed by atoms with E-state index in [2.05, 4.69) is 10.6 Å². The Balaban J connectivity index is 4.48. The summed E-state index contributed by atoms with van der Waals surface area (Å²) >= 11 is 0. The molecule has 0 spiro atoms. The monoisotopic (exact) mass is 332 g/mol. The average Bonchev–Trinajstić information content (AvgIpc) is 2.49. The Morgan fingerprint density at radius 3 is 2.22 bits per heavy atom. The zero-order valence-electron chi connectivity index (χ0n) is 12.8. The van der Waals surface area contributed by atoms with E-state index in [1.165, 1.54) is 0 Å². The van der Waals surface area contributed by atoms with E-state index in [1.807, 2.05) is 0 Å². The van der Waals surface area contributed by atoms with E-state index >= 15 is 0 Å². The normalized spacial score (nSPS) is 13.0. The van der Waals surface area contributed by atoms with E-state index in [0.717, 1.165) is 0 Å². The minimum absolute atomic E-state index is 0.0621. The molecule has 8 N–H and O–H groups in total. The standard InChI is InChI=1S/C13H24N4O6/c14-6-2-1-3-9(12(21)16-7-11(19)20)17-10(18)5-4-8(15)13(22)23/h8-9H,1-7,14-15H2,(H,16,21)(H,17,18)(H,19,20)(H,22,23)/t8-,9-/m0/s1. The van der Waals surface area contributed by atoms with Crippen molar-refractivity contribution in [1.29, 1.82) is 0 Å². The molecule has 0 fully saturated rings. The van der Waals surface area contributed by atoms with Crippen molar-refractivity contribution in [3.05, 3.63) is 0 Å². The molecule has 0 aromatic carbocycles. The minimum Gasteiger partial charge on any atom is -0.480 e. The van der Waals surface area contributed by atoms with Gasteiger partial charge in [-0.2, -0.15) is 0 Å². The van der Waals surface area contributed by atoms with Crippen LogP contribution in [0.5, 0.6) is 0 Å². The predicted molar refractivity (Wildman–Crippen MR) is 80.3 cm³/mol. The first-order valence-electron chi connectivity index (χ1n) is 7.25. The van der Waals surface area contributed by atoms with E-state index < -0.39 is 42.4 Å². The molecule has 0 aliphatic rings. The van der Waals surface area contributed by atoms with Crippen molar-refractivity contribution in [1.82, 2.24) is 10.6 Å². The number of carbonyl (C=O) groups is 4. The highest BCUT2D eigenvalue weighted by molar-refractivity contribution is 5.89. The first-order chi connectivity index (χ1) is 10.8. The molecule has 0 radical (unpaired) electrons. The van der Waals surface area contributed by atoms with Crippen molar-refractivity contribution < 1.29 is 29.4 Å². The van der Waals surface area contributed by atoms with Crippen LogP contribution in [0.1, 0.15) is 32.1 Å². The number of aliphatic carboxylic acids is 2. The van der Waals surface area contributed by atoms with E-state index in [4.69, 9.17) is 21.7 Å². The van der Waals surface area contributed by atoms with Gasteiger partial charge in [-0.1, -0.05) is 0 Å². The lowest BCUT2D eigenvalue weighted by atomic mass is 10.1. The molecule has 0 heterocycles. The van der Waals surface area contributed by atoms with E-state index in [9.17, 15) is 19.2 Å². The molecule has 10 heteroatoms. The lowest BCUT2D eigenvalue weighted by molar-refractivity contribution is -0.139. The molecule has 0 aromatic heterocycles. The van der Waals surface area contributed by atoms with Gasteiger partial charge in [-0.3, -0.25) is 19.2 Å². The number of carbonyl (C=O) groups excluding carboxylic acids is 2. The van der Waals surface area contributed by atoms with Crippen molar-refractivity contribution in [3.8, 4) is 0 Å². The Hall–Kier alpha value is -2.20. The van der Waals surface area contributed by atoms with Gasteiger partial charge < -0.3 is 32.3 Å². The number of hydrogen-bond acceptors (Lipinski definition) is 6. The largest absolute Gasteiger partial charge is 0.480 e. The second kappa shape index (κ2) is 11.4. The minimum atomic E-state index is -1.21. The van der Waals surface area contributed by atoms with Crippen LogP contribution in [0.2, 0.25) is 0 Å². The first-order valence-corrected chi connectivity index (χ1v) is 7.25. The quantitative estimate of drug-likeness (QED) is 0.221. The van der Waals surface area contributed by atoms with Gasteiger partial charge in [0.25, 0.3) is 0 Å². The molecular weight excluding hydrogens is 308 g/mol. The molecule has 0 bridgehead atoms. The number of nitrogens with two attached hydrogens (primary N) is 2. The number of amides is 2. The molecule has 0 aromatic rings. The van der Waals surface area contributed by atoms with Gasteiger partial charge in [0, 0.05) is 6.42 Å². The highest BCUT2D eigenvalue weighted by atomic mass is 16.4. The number of hydrogen-bond donors (Lipinski definition) is 6. The first kappa shape index (κ1) is 20.8. The highest BCUT2D eigenvalue weighted by Crippen LogP contribution is 2.03. The van der Waals surface area contributed by atoms with Gasteiger partial charge in [0.05, 0.1) is 0 Å². The highest BCUT2D eigenvalue weighted by Gasteiger charge is 2.21. The SMILES string of the molecule is NCCCC[C@H](NC(=O)CC[C@H](N)C(=O)O)C(=O)NCC(=O)O. The molecule has 23 heavy (non-hydrogen) atoms. The smallest absolute Gasteiger partial charge is 0.322 e. The Morgan fingerprint density at radius 2 is 1.70 bits per heavy atom. The lowest BCUT2D eigenvalue weighted by Crippen LogP contribution is -2.48. The fourth-order valence-corrected chi connectivity index (χ4v) is 1.72. The third-order valence-corrected chi connectivity index (χ3v) is 3.01. The maximum atomic E-state index is 11.9. The summed E-state index contributed by atoms with van der Waals surface area (Å²) < 4.78 is 0. The van der Waals surface area contributed by atoms with Crippen LogP contribution in [0.3, 0.4) is 0 Å². The number of unbranched alkanes of at least 4 members (excludes halogenated alkanes) is 1. The van der Waals surface area contributed by atoms with Gasteiger partial charge >= 0.3 is 11.9 Å². The summed E-state index contributed by atoms with van der Waals surface area (Å²) in [5, 5.41) is 21.8. The van der Waals surface area contributed by atoms with Crippen LogP contribution >= 0.6 is 0 Å². The molecule has 2 amide bonds. The van der Waals surface area contributed by atoms with Crippen LogP contribution in [0.15, 0.2) is 0 Å². The molecule has 0 aliphatic heterocycles. The van der Waals surface area contributed by atoms with Crippen molar-refractivity contribution in [2.75, 3.05) is 13.1 Å². The van der Waals surface area contributed by atoms with Crippen LogP contribution in [-0.4, -0.2) is 59.1 Å². The van der Waals surface area contributed by atoms with E-state index in [1.54, 1.807) is 0 Å². The summed E-state index contributed by atoms with van der Waals surface area (Å²) in [5.74, 6) is -3.54. The molecule has 10 nitrogen and oxygen atoms in total. The fraction of sp³-hybridized carbons (Fsp3) is 0.692. The van der Waals surface area contributed by atoms with Gasteiger partial charge in [-0.15, -0.1) is 0 Å². The number of carboxylic acid groups (broad SMARTS) is 2. The summed E-state index contributed by atoms with van der Waals surface area (Å²) in [5.41, 5.74) is 10.7. The van der Waals surface area contributed by atoms with E-state index in [0.29, 0.717) is 25.8 Å². The Labute approximate surface area is 133 Å². The molecular formula is C13H24N4O6. The summed E-state index contributed by atoms with van der Waals surface area (Å²) in [6, 6.07) is -2.05. The predicted octanol–water partition coefficient (Wildman–Crippen LogP) is -2.01. The van der Waals surface area contributed by atoms with Crippen molar-refractivity contribution in [3.63, 3.8) is 0 Å². The number of nitrogens with one attached hydrogen (secondary N) is 2. The third kappa shape index (κ3) is 10.2. The summed E-state index contributed by atoms with van der Waals surface area (Å²) in [7, 11) is 0. The zero-order valence-corrected chi connectivity index (χ0v) is 12.8. The second-order valence-corrected chi connectivity index (χ2v) is 5.00. The molecule has 0 saturated heterocycles. The summed E-state index contributed by atoms with van der Waals surface area (Å²) in [6.45, 7) is -0.114. The van der Waals surface area contributed by atoms with Gasteiger partial charge in [-0.25, -0.2) is 0 Å². The van der Waals surface area contributed by atoms with Crippen LogP contribution in [0, 0.1) is 0 Å². The zero-order chi connectivity index (χ0) is 17.8. The fourth-order valence-electron chi connectivity index (χ4n) is 1.72. The maximum absolute atomic E-state index is 11.9. The third-order valence-electron chi connectivity index (χ3n) is 3.01. The lowest BCUT2D eigenvalue weighted by Gasteiger charge is -2.18.